The molecule has 0 aromatic heterocycles. The Balaban J connectivity index is 4.76. The number of hydrogen-bond donors (Lipinski definition) is 2. The summed E-state index contributed by atoms with van der Waals surface area (Å²) < 4.78 is 0. The van der Waals surface area contributed by atoms with Gasteiger partial charge in [0.1, 0.15) is 0 Å². The Kier molecular flexibility index (Phi) is 22.8. The molecule has 0 saturated heterocycles. The van der Waals surface area contributed by atoms with Crippen molar-refractivity contribution in [1.29, 1.82) is 0 Å². The third-order valence-corrected chi connectivity index (χ3v) is 5.99. The van der Waals surface area contributed by atoms with Gasteiger partial charge in [-0.3, -0.25) is 0 Å². The molecule has 0 unspecified atom stereocenters. The van der Waals surface area contributed by atoms with Crippen LogP contribution in [0.2, 0.25) is 0 Å². The van der Waals surface area contributed by atoms with Crippen LogP contribution >= 0.6 is 0 Å². The minimum Gasteiger partial charge on any atom is -0.392 e. The molecule has 2 nitrogen and oxygen atoms in total. The van der Waals surface area contributed by atoms with Crippen LogP contribution in [-0.4, -0.2) is 23.4 Å². The second-order valence-electron chi connectivity index (χ2n) is 10.7. The third-order valence-electron chi connectivity index (χ3n) is 5.99. The van der Waals surface area contributed by atoms with Crippen LogP contribution in [0.3, 0.4) is 0 Å². The molecule has 0 bridgehead atoms. The maximum Gasteiger partial charge on any atom is 0.0642 e. The molecule has 226 valence electrons. The molecule has 0 aliphatic heterocycles. The van der Waals surface area contributed by atoms with E-state index in [0.717, 1.165) is 29.6 Å². The first-order chi connectivity index (χ1) is 20.1. The van der Waals surface area contributed by atoms with Crippen molar-refractivity contribution in [3.05, 3.63) is 166 Å². The topological polar surface area (TPSA) is 40.5 Å². The van der Waals surface area contributed by atoms with Gasteiger partial charge in [0, 0.05) is 0 Å². The minimum absolute atomic E-state index is 0.0901. The molecular weight excluding hydrogens is 512 g/mol. The van der Waals surface area contributed by atoms with Gasteiger partial charge < -0.3 is 10.2 Å². The van der Waals surface area contributed by atoms with E-state index < -0.39 is 0 Å². The van der Waals surface area contributed by atoms with Gasteiger partial charge in [0.05, 0.1) is 13.2 Å². The molecule has 0 radical (unpaired) electrons. The van der Waals surface area contributed by atoms with Gasteiger partial charge in [-0.1, -0.05) is 161 Å². The van der Waals surface area contributed by atoms with Crippen LogP contribution in [0, 0.1) is 0 Å². The zero-order valence-corrected chi connectivity index (χ0v) is 27.3. The van der Waals surface area contributed by atoms with E-state index in [1.165, 1.54) is 27.9 Å². The second kappa shape index (κ2) is 25.0. The molecule has 0 fully saturated rings. The van der Waals surface area contributed by atoms with Crippen LogP contribution in [0.1, 0.15) is 68.2 Å². The zero-order chi connectivity index (χ0) is 31.6. The number of aliphatic hydroxyl groups excluding tert-OH is 2. The maximum atomic E-state index is 9.05. The van der Waals surface area contributed by atoms with Gasteiger partial charge in [0.15, 0.2) is 0 Å². The van der Waals surface area contributed by atoms with Crippen LogP contribution in [0.15, 0.2) is 166 Å². The highest BCUT2D eigenvalue weighted by atomic mass is 16.3. The van der Waals surface area contributed by atoms with Crippen molar-refractivity contribution in [3.8, 4) is 0 Å². The van der Waals surface area contributed by atoms with E-state index in [1.807, 2.05) is 38.2 Å². The molecule has 42 heavy (non-hydrogen) atoms. The Morgan fingerprint density at radius 2 is 0.690 bits per heavy atom. The number of allylic oxidation sites excluding steroid dienone is 26. The lowest BCUT2D eigenvalue weighted by molar-refractivity contribution is 0.331. The molecule has 0 aromatic carbocycles. The van der Waals surface area contributed by atoms with Crippen molar-refractivity contribution in [2.75, 3.05) is 13.2 Å². The van der Waals surface area contributed by atoms with E-state index in [1.54, 1.807) is 0 Å². The van der Waals surface area contributed by atoms with Crippen molar-refractivity contribution in [2.45, 2.75) is 68.2 Å². The maximum absolute atomic E-state index is 9.05. The molecular formula is C40H54O2. The molecule has 0 heterocycles. The predicted octanol–water partition coefficient (Wildman–Crippen LogP) is 10.7. The summed E-state index contributed by atoms with van der Waals surface area (Å²) in [4.78, 5) is 0. The number of hydrogen-bond acceptors (Lipinski definition) is 2. The Bertz CT molecular complexity index is 1240. The minimum atomic E-state index is 0.0901. The molecule has 0 spiro atoms. The fourth-order valence-corrected chi connectivity index (χ4v) is 3.22. The number of aliphatic hydroxyl groups is 2. The second-order valence-corrected chi connectivity index (χ2v) is 10.7. The molecule has 0 amide bonds. The highest BCUT2D eigenvalue weighted by Gasteiger charge is 1.89. The van der Waals surface area contributed by atoms with Gasteiger partial charge in [-0.05, 0) is 73.8 Å². The van der Waals surface area contributed by atoms with E-state index >= 15 is 0 Å². The smallest absolute Gasteiger partial charge is 0.0642 e. The van der Waals surface area contributed by atoms with Gasteiger partial charge >= 0.3 is 0 Å². The van der Waals surface area contributed by atoms with Crippen molar-refractivity contribution in [1.82, 2.24) is 0 Å². The standard InChI is InChI=1S/C40H54O2/c1-33(19-11-21-35(3)23-13-25-37(5)27-15-29-39(7)31-41)17-9-10-18-34(2)20-12-22-36(4)24-14-26-38(6)28-16-30-40(8)32-42/h9-15,17-27,29-30,41-42H,16,28,31-32H2,1-8H3/b10-9+,19-11+,20-12+,23-13+,24-14+,27-15+,33-17+,34-18+,35-21+,36-22+,37-25+,38-26+,39-29+,40-30+. The van der Waals surface area contributed by atoms with Crippen molar-refractivity contribution in [3.63, 3.8) is 0 Å². The summed E-state index contributed by atoms with van der Waals surface area (Å²) in [5.74, 6) is 0. The van der Waals surface area contributed by atoms with E-state index in [-0.39, 0.29) is 13.2 Å². The lowest BCUT2D eigenvalue weighted by Gasteiger charge is -1.98. The normalized spacial score (nSPS) is 16.3. The predicted molar refractivity (Wildman–Crippen MR) is 188 cm³/mol. The zero-order valence-electron chi connectivity index (χ0n) is 27.3. The molecule has 2 heteroatoms. The monoisotopic (exact) mass is 566 g/mol. The van der Waals surface area contributed by atoms with Gasteiger partial charge in [0.2, 0.25) is 0 Å². The highest BCUT2D eigenvalue weighted by Crippen LogP contribution is 2.08. The fraction of sp³-hybridized carbons (Fsp3) is 0.300. The van der Waals surface area contributed by atoms with Crippen LogP contribution in [0.25, 0.3) is 0 Å². The van der Waals surface area contributed by atoms with Crippen molar-refractivity contribution in [2.24, 2.45) is 0 Å². The van der Waals surface area contributed by atoms with Crippen LogP contribution < -0.4 is 0 Å². The largest absolute Gasteiger partial charge is 0.392 e. The molecule has 0 aliphatic carbocycles. The highest BCUT2D eigenvalue weighted by molar-refractivity contribution is 5.33. The van der Waals surface area contributed by atoms with Gasteiger partial charge in [-0.25, -0.2) is 0 Å². The van der Waals surface area contributed by atoms with Gasteiger partial charge in [-0.2, -0.15) is 0 Å². The summed E-state index contributed by atoms with van der Waals surface area (Å²) in [6, 6.07) is 0. The van der Waals surface area contributed by atoms with Crippen LogP contribution in [0.5, 0.6) is 0 Å². The SMILES string of the molecule is CC(/C=C/C=C(C)/C=C/C=C(C)/C=C/C=C(\C)CO)=C\C=C\C=C(C)\C=C\C=C(C)\C=C\C=C(/C)CC/C=C(\C)CO. The lowest BCUT2D eigenvalue weighted by atomic mass is 10.1. The van der Waals surface area contributed by atoms with Gasteiger partial charge in [0.25, 0.3) is 0 Å². The van der Waals surface area contributed by atoms with Crippen molar-refractivity contribution < 1.29 is 10.2 Å². The molecule has 0 atom stereocenters. The van der Waals surface area contributed by atoms with E-state index in [2.05, 4.69) is 139 Å². The average Bonchev–Trinajstić information content (AvgIpc) is 2.95. The van der Waals surface area contributed by atoms with Gasteiger partial charge in [-0.15, -0.1) is 0 Å². The molecule has 0 rings (SSSR count). The molecule has 0 saturated carbocycles. The summed E-state index contributed by atoms with van der Waals surface area (Å²) in [6.45, 7) is 16.7. The first-order valence-electron chi connectivity index (χ1n) is 14.7. The Morgan fingerprint density at radius 1 is 0.381 bits per heavy atom. The number of rotatable bonds is 17. The van der Waals surface area contributed by atoms with E-state index in [4.69, 9.17) is 10.2 Å². The Morgan fingerprint density at radius 3 is 1.05 bits per heavy atom. The fourth-order valence-electron chi connectivity index (χ4n) is 3.22. The third kappa shape index (κ3) is 24.1. The molecule has 2 N–H and O–H groups in total. The summed E-state index contributed by atoms with van der Waals surface area (Å²) in [5, 5.41) is 18.1. The first kappa shape index (κ1) is 38.3. The van der Waals surface area contributed by atoms with Crippen LogP contribution in [-0.2, 0) is 0 Å². The van der Waals surface area contributed by atoms with E-state index in [0.29, 0.717) is 0 Å². The van der Waals surface area contributed by atoms with Crippen molar-refractivity contribution >= 4 is 0 Å². The molecule has 0 aliphatic rings. The Hall–Kier alpha value is -3.72. The quantitative estimate of drug-likeness (QED) is 0.136. The first-order valence-corrected chi connectivity index (χ1v) is 14.7. The summed E-state index contributed by atoms with van der Waals surface area (Å²) in [7, 11) is 0. The average molecular weight is 567 g/mol. The lowest BCUT2D eigenvalue weighted by Crippen LogP contribution is -1.84. The Labute approximate surface area is 257 Å². The summed E-state index contributed by atoms with van der Waals surface area (Å²) in [5.41, 5.74) is 9.18. The van der Waals surface area contributed by atoms with Crippen LogP contribution in [0.4, 0.5) is 0 Å². The molecule has 0 aromatic rings. The summed E-state index contributed by atoms with van der Waals surface area (Å²) >= 11 is 0. The van der Waals surface area contributed by atoms with E-state index in [9.17, 15) is 0 Å². The summed E-state index contributed by atoms with van der Waals surface area (Å²) in [6.07, 6.45) is 43.4.